The third-order valence-electron chi connectivity index (χ3n) is 2.31. The second kappa shape index (κ2) is 4.42. The van der Waals surface area contributed by atoms with Gasteiger partial charge in [0.2, 0.25) is 5.91 Å². The molecule has 0 bridgehead atoms. The molecule has 4 N–H and O–H groups in total. The van der Waals surface area contributed by atoms with Gasteiger partial charge in [-0.1, -0.05) is 0 Å². The number of rotatable bonds is 3. The summed E-state index contributed by atoms with van der Waals surface area (Å²) in [5.74, 6) is 0.167. The molecular formula is C8H16N2O2. The van der Waals surface area contributed by atoms with E-state index in [9.17, 15) is 4.79 Å². The van der Waals surface area contributed by atoms with Crippen molar-refractivity contribution >= 4 is 5.91 Å². The van der Waals surface area contributed by atoms with Gasteiger partial charge < -0.3 is 16.2 Å². The van der Waals surface area contributed by atoms with Gasteiger partial charge in [0.05, 0.1) is 6.61 Å². The lowest BCUT2D eigenvalue weighted by atomic mass is 9.91. The molecule has 0 radical (unpaired) electrons. The Morgan fingerprint density at radius 2 is 2.33 bits per heavy atom. The first-order valence-corrected chi connectivity index (χ1v) is 4.32. The van der Waals surface area contributed by atoms with E-state index in [1.807, 2.05) is 0 Å². The summed E-state index contributed by atoms with van der Waals surface area (Å²) in [4.78, 5) is 10.5. The molecule has 1 fully saturated rings. The van der Waals surface area contributed by atoms with Gasteiger partial charge in [0.1, 0.15) is 0 Å². The summed E-state index contributed by atoms with van der Waals surface area (Å²) >= 11 is 0. The van der Waals surface area contributed by atoms with Gasteiger partial charge in [0, 0.05) is 19.1 Å². The molecule has 0 spiro atoms. The molecule has 70 valence electrons. The Morgan fingerprint density at radius 1 is 1.58 bits per heavy atom. The van der Waals surface area contributed by atoms with Crippen LogP contribution in [0.3, 0.4) is 0 Å². The van der Waals surface area contributed by atoms with E-state index in [0.717, 1.165) is 19.4 Å². The minimum absolute atomic E-state index is 0.0816. The standard InChI is InChI=1S/C8H16N2O2/c9-7-5-12-4-3-6(7)1-2-8(10)11/h6-7H,1-5,9H2,(H2,10,11). The van der Waals surface area contributed by atoms with Gasteiger partial charge in [-0.05, 0) is 18.8 Å². The third kappa shape index (κ3) is 2.79. The molecule has 1 heterocycles. The molecule has 4 heteroatoms. The SMILES string of the molecule is NC(=O)CCC1CCOCC1N. The molecule has 2 atom stereocenters. The first-order valence-electron chi connectivity index (χ1n) is 4.32. The summed E-state index contributed by atoms with van der Waals surface area (Å²) in [6.45, 7) is 1.38. The average molecular weight is 172 g/mol. The summed E-state index contributed by atoms with van der Waals surface area (Å²) < 4.78 is 5.18. The lowest BCUT2D eigenvalue weighted by Crippen LogP contribution is -2.39. The molecule has 0 aromatic carbocycles. The highest BCUT2D eigenvalue weighted by Gasteiger charge is 2.22. The van der Waals surface area contributed by atoms with Crippen molar-refractivity contribution in [1.82, 2.24) is 0 Å². The fourth-order valence-electron chi connectivity index (χ4n) is 1.49. The lowest BCUT2D eigenvalue weighted by Gasteiger charge is -2.28. The van der Waals surface area contributed by atoms with Crippen LogP contribution in [-0.4, -0.2) is 25.2 Å². The molecule has 4 nitrogen and oxygen atoms in total. The van der Waals surface area contributed by atoms with E-state index >= 15 is 0 Å². The van der Waals surface area contributed by atoms with Crippen LogP contribution < -0.4 is 11.5 Å². The molecule has 0 aliphatic carbocycles. The van der Waals surface area contributed by atoms with Gasteiger partial charge in [-0.15, -0.1) is 0 Å². The highest BCUT2D eigenvalue weighted by Crippen LogP contribution is 2.18. The Hall–Kier alpha value is -0.610. The summed E-state index contributed by atoms with van der Waals surface area (Å²) in [7, 11) is 0. The van der Waals surface area contributed by atoms with Crippen molar-refractivity contribution in [3.8, 4) is 0 Å². The highest BCUT2D eigenvalue weighted by molar-refractivity contribution is 5.73. The van der Waals surface area contributed by atoms with Crippen molar-refractivity contribution < 1.29 is 9.53 Å². The first kappa shape index (κ1) is 9.48. The van der Waals surface area contributed by atoms with Crippen LogP contribution in [0, 0.1) is 5.92 Å². The lowest BCUT2D eigenvalue weighted by molar-refractivity contribution is -0.118. The topological polar surface area (TPSA) is 78.3 Å². The summed E-state index contributed by atoms with van der Waals surface area (Å²) in [5.41, 5.74) is 10.8. The molecule has 0 aromatic rings. The van der Waals surface area contributed by atoms with Gasteiger partial charge in [0.15, 0.2) is 0 Å². The second-order valence-electron chi connectivity index (χ2n) is 3.29. The quantitative estimate of drug-likeness (QED) is 0.609. The number of amides is 1. The molecule has 1 aliphatic heterocycles. The Labute approximate surface area is 72.2 Å². The molecule has 1 aliphatic rings. The first-order chi connectivity index (χ1) is 5.70. The monoisotopic (exact) mass is 172 g/mol. The Bertz CT molecular complexity index is 161. The van der Waals surface area contributed by atoms with Crippen LogP contribution in [-0.2, 0) is 9.53 Å². The Morgan fingerprint density at radius 3 is 2.92 bits per heavy atom. The maximum Gasteiger partial charge on any atom is 0.217 e. The normalized spacial score (nSPS) is 30.1. The van der Waals surface area contributed by atoms with Crippen LogP contribution in [0.25, 0.3) is 0 Å². The molecule has 1 rings (SSSR count). The van der Waals surface area contributed by atoms with Gasteiger partial charge in [-0.25, -0.2) is 0 Å². The predicted molar refractivity (Wildman–Crippen MR) is 45.3 cm³/mol. The minimum atomic E-state index is -0.242. The molecule has 1 saturated heterocycles. The summed E-state index contributed by atoms with van der Waals surface area (Å²) in [5, 5.41) is 0. The maximum atomic E-state index is 10.5. The molecule has 0 aromatic heterocycles. The van der Waals surface area contributed by atoms with Crippen molar-refractivity contribution in [2.75, 3.05) is 13.2 Å². The van der Waals surface area contributed by atoms with Crippen LogP contribution in [0.15, 0.2) is 0 Å². The van der Waals surface area contributed by atoms with Gasteiger partial charge in [-0.3, -0.25) is 4.79 Å². The van der Waals surface area contributed by atoms with Gasteiger partial charge in [0.25, 0.3) is 0 Å². The van der Waals surface area contributed by atoms with Crippen molar-refractivity contribution in [3.63, 3.8) is 0 Å². The number of hydrogen-bond donors (Lipinski definition) is 2. The number of carbonyl (C=O) groups excluding carboxylic acids is 1. The van der Waals surface area contributed by atoms with E-state index in [0.29, 0.717) is 18.9 Å². The van der Waals surface area contributed by atoms with E-state index in [-0.39, 0.29) is 11.9 Å². The van der Waals surface area contributed by atoms with Crippen molar-refractivity contribution in [1.29, 1.82) is 0 Å². The van der Waals surface area contributed by atoms with Gasteiger partial charge >= 0.3 is 0 Å². The average Bonchev–Trinajstić information content (AvgIpc) is 2.03. The molecular weight excluding hydrogens is 156 g/mol. The molecule has 1 amide bonds. The number of carbonyl (C=O) groups is 1. The van der Waals surface area contributed by atoms with Gasteiger partial charge in [-0.2, -0.15) is 0 Å². The van der Waals surface area contributed by atoms with Crippen molar-refractivity contribution in [2.45, 2.75) is 25.3 Å². The van der Waals surface area contributed by atoms with Crippen LogP contribution in [0.4, 0.5) is 0 Å². The van der Waals surface area contributed by atoms with Crippen LogP contribution in [0.1, 0.15) is 19.3 Å². The zero-order valence-corrected chi connectivity index (χ0v) is 7.16. The highest BCUT2D eigenvalue weighted by atomic mass is 16.5. The van der Waals surface area contributed by atoms with E-state index in [4.69, 9.17) is 16.2 Å². The number of nitrogens with two attached hydrogens (primary N) is 2. The molecule has 0 saturated carbocycles. The van der Waals surface area contributed by atoms with Crippen LogP contribution in [0.5, 0.6) is 0 Å². The number of primary amides is 1. The Kier molecular flexibility index (Phi) is 3.49. The van der Waals surface area contributed by atoms with E-state index in [1.54, 1.807) is 0 Å². The molecule has 12 heavy (non-hydrogen) atoms. The minimum Gasteiger partial charge on any atom is -0.380 e. The van der Waals surface area contributed by atoms with E-state index < -0.39 is 0 Å². The second-order valence-corrected chi connectivity index (χ2v) is 3.29. The third-order valence-corrected chi connectivity index (χ3v) is 2.31. The van der Waals surface area contributed by atoms with E-state index in [1.165, 1.54) is 0 Å². The summed E-state index contributed by atoms with van der Waals surface area (Å²) in [6, 6.07) is 0.0816. The predicted octanol–water partition coefficient (Wildman–Crippen LogP) is -0.384. The zero-order chi connectivity index (χ0) is 8.97. The summed E-state index contributed by atoms with van der Waals surface area (Å²) in [6.07, 6.45) is 2.20. The zero-order valence-electron chi connectivity index (χ0n) is 7.16. The van der Waals surface area contributed by atoms with Crippen molar-refractivity contribution in [2.24, 2.45) is 17.4 Å². The molecule has 2 unspecified atom stereocenters. The van der Waals surface area contributed by atoms with Crippen molar-refractivity contribution in [3.05, 3.63) is 0 Å². The number of ether oxygens (including phenoxy) is 1. The Balaban J connectivity index is 2.24. The fourth-order valence-corrected chi connectivity index (χ4v) is 1.49. The largest absolute Gasteiger partial charge is 0.380 e. The van der Waals surface area contributed by atoms with Crippen LogP contribution >= 0.6 is 0 Å². The number of hydrogen-bond acceptors (Lipinski definition) is 3. The van der Waals surface area contributed by atoms with Crippen LogP contribution in [0.2, 0.25) is 0 Å². The van der Waals surface area contributed by atoms with E-state index in [2.05, 4.69) is 0 Å². The maximum absolute atomic E-state index is 10.5. The smallest absolute Gasteiger partial charge is 0.217 e. The fraction of sp³-hybridized carbons (Fsp3) is 0.875.